The maximum Gasteiger partial charge on any atom is 0.125 e. The number of rotatable bonds is 5. The molecular weight excluding hydrogens is 334 g/mol. The summed E-state index contributed by atoms with van der Waals surface area (Å²) in [6.07, 6.45) is 0. The number of hydrogen-bond acceptors (Lipinski definition) is 3. The molecule has 0 aliphatic carbocycles. The van der Waals surface area contributed by atoms with Crippen LogP contribution < -0.4 is 14.4 Å². The SMILES string of the molecule is CN(c1ccc(OCc2ccccc2)cc1)c1ccc2c(c1)OCC2(C)C. The van der Waals surface area contributed by atoms with E-state index in [1.165, 1.54) is 11.1 Å². The summed E-state index contributed by atoms with van der Waals surface area (Å²) >= 11 is 0. The van der Waals surface area contributed by atoms with Crippen molar-refractivity contribution in [3.8, 4) is 11.5 Å². The molecule has 0 N–H and O–H groups in total. The lowest BCUT2D eigenvalue weighted by Gasteiger charge is -2.21. The van der Waals surface area contributed by atoms with Gasteiger partial charge in [-0.25, -0.2) is 0 Å². The van der Waals surface area contributed by atoms with Gasteiger partial charge in [-0.15, -0.1) is 0 Å². The van der Waals surface area contributed by atoms with Crippen LogP contribution in [0.5, 0.6) is 11.5 Å². The summed E-state index contributed by atoms with van der Waals surface area (Å²) in [5, 5.41) is 0. The maximum absolute atomic E-state index is 5.89. The number of ether oxygens (including phenoxy) is 2. The van der Waals surface area contributed by atoms with Gasteiger partial charge in [0.15, 0.2) is 0 Å². The van der Waals surface area contributed by atoms with Crippen LogP contribution in [0, 0.1) is 0 Å². The number of benzene rings is 3. The number of fused-ring (bicyclic) bond motifs is 1. The molecule has 0 saturated carbocycles. The Bertz CT molecular complexity index is 917. The van der Waals surface area contributed by atoms with Gasteiger partial charge in [0.25, 0.3) is 0 Å². The Morgan fingerprint density at radius 3 is 2.37 bits per heavy atom. The fourth-order valence-electron chi connectivity index (χ4n) is 3.39. The van der Waals surface area contributed by atoms with Gasteiger partial charge in [-0.1, -0.05) is 50.2 Å². The van der Waals surface area contributed by atoms with Crippen LogP contribution in [0.4, 0.5) is 11.4 Å². The molecule has 0 saturated heterocycles. The lowest BCUT2D eigenvalue weighted by Crippen LogP contribution is -2.18. The van der Waals surface area contributed by atoms with Crippen molar-refractivity contribution in [3.63, 3.8) is 0 Å². The third-order valence-electron chi connectivity index (χ3n) is 5.14. The molecule has 1 heterocycles. The first-order valence-electron chi connectivity index (χ1n) is 9.31. The highest BCUT2D eigenvalue weighted by molar-refractivity contribution is 5.66. The molecule has 3 nitrogen and oxygen atoms in total. The van der Waals surface area contributed by atoms with Crippen LogP contribution in [0.2, 0.25) is 0 Å². The van der Waals surface area contributed by atoms with E-state index in [-0.39, 0.29) is 5.41 Å². The molecule has 1 aliphatic heterocycles. The van der Waals surface area contributed by atoms with Crippen molar-refractivity contribution >= 4 is 11.4 Å². The minimum atomic E-state index is 0.0875. The largest absolute Gasteiger partial charge is 0.492 e. The molecule has 138 valence electrons. The van der Waals surface area contributed by atoms with Gasteiger partial charge >= 0.3 is 0 Å². The van der Waals surface area contributed by atoms with Crippen LogP contribution in [0.25, 0.3) is 0 Å². The lowest BCUT2D eigenvalue weighted by atomic mass is 9.87. The van der Waals surface area contributed by atoms with E-state index in [0.717, 1.165) is 29.5 Å². The van der Waals surface area contributed by atoms with Gasteiger partial charge in [0.05, 0.1) is 6.61 Å². The molecule has 0 aromatic heterocycles. The summed E-state index contributed by atoms with van der Waals surface area (Å²) < 4.78 is 11.8. The number of nitrogens with zero attached hydrogens (tertiary/aromatic N) is 1. The summed E-state index contributed by atoms with van der Waals surface area (Å²) in [4.78, 5) is 2.16. The van der Waals surface area contributed by atoms with E-state index in [4.69, 9.17) is 9.47 Å². The molecule has 0 spiro atoms. The van der Waals surface area contributed by atoms with Gasteiger partial charge < -0.3 is 14.4 Å². The van der Waals surface area contributed by atoms with E-state index in [1.54, 1.807) is 0 Å². The predicted octanol–water partition coefficient (Wildman–Crippen LogP) is 5.70. The number of hydrogen-bond donors (Lipinski definition) is 0. The Hall–Kier alpha value is -2.94. The fourth-order valence-corrected chi connectivity index (χ4v) is 3.39. The fraction of sp³-hybridized carbons (Fsp3) is 0.250. The number of anilines is 2. The molecule has 0 radical (unpaired) electrons. The van der Waals surface area contributed by atoms with Crippen LogP contribution in [0.3, 0.4) is 0 Å². The zero-order valence-corrected chi connectivity index (χ0v) is 16.1. The Kier molecular flexibility index (Phi) is 4.53. The van der Waals surface area contributed by atoms with Crippen molar-refractivity contribution in [2.24, 2.45) is 0 Å². The first-order chi connectivity index (χ1) is 13.0. The van der Waals surface area contributed by atoms with Gasteiger partial charge in [-0.2, -0.15) is 0 Å². The first kappa shape index (κ1) is 17.5. The van der Waals surface area contributed by atoms with E-state index >= 15 is 0 Å². The van der Waals surface area contributed by atoms with Crippen LogP contribution in [-0.4, -0.2) is 13.7 Å². The van der Waals surface area contributed by atoms with E-state index < -0.39 is 0 Å². The summed E-state index contributed by atoms with van der Waals surface area (Å²) in [5.74, 6) is 1.86. The summed E-state index contributed by atoms with van der Waals surface area (Å²) in [5.41, 5.74) is 4.76. The Morgan fingerprint density at radius 2 is 1.63 bits per heavy atom. The maximum atomic E-state index is 5.89. The molecule has 1 aliphatic rings. The second-order valence-electron chi connectivity index (χ2n) is 7.68. The third kappa shape index (κ3) is 3.63. The zero-order chi connectivity index (χ0) is 18.9. The highest BCUT2D eigenvalue weighted by Gasteiger charge is 2.31. The summed E-state index contributed by atoms with van der Waals surface area (Å²) in [6, 6.07) is 24.9. The van der Waals surface area contributed by atoms with Crippen LogP contribution in [0.1, 0.15) is 25.0 Å². The van der Waals surface area contributed by atoms with Gasteiger partial charge in [0.1, 0.15) is 18.1 Å². The molecule has 0 atom stereocenters. The van der Waals surface area contributed by atoms with Gasteiger partial charge in [-0.05, 0) is 35.9 Å². The van der Waals surface area contributed by atoms with Crippen molar-refractivity contribution in [3.05, 3.63) is 83.9 Å². The zero-order valence-electron chi connectivity index (χ0n) is 16.1. The van der Waals surface area contributed by atoms with Crippen molar-refractivity contribution < 1.29 is 9.47 Å². The minimum absolute atomic E-state index is 0.0875. The first-order valence-corrected chi connectivity index (χ1v) is 9.31. The molecule has 0 amide bonds. The van der Waals surface area contributed by atoms with Gasteiger partial charge in [-0.3, -0.25) is 0 Å². The standard InChI is InChI=1S/C24H25NO2/c1-24(2)17-27-23-15-20(11-14-22(23)24)25(3)19-9-12-21(13-10-19)26-16-18-7-5-4-6-8-18/h4-15H,16-17H2,1-3H3. The summed E-state index contributed by atoms with van der Waals surface area (Å²) in [7, 11) is 2.07. The molecule has 0 bridgehead atoms. The normalized spacial score (nSPS) is 14.3. The topological polar surface area (TPSA) is 21.7 Å². The molecule has 3 heteroatoms. The highest BCUT2D eigenvalue weighted by Crippen LogP contribution is 2.41. The highest BCUT2D eigenvalue weighted by atomic mass is 16.5. The van der Waals surface area contributed by atoms with Crippen LogP contribution in [0.15, 0.2) is 72.8 Å². The van der Waals surface area contributed by atoms with Crippen LogP contribution >= 0.6 is 0 Å². The monoisotopic (exact) mass is 359 g/mol. The van der Waals surface area contributed by atoms with E-state index in [1.807, 2.05) is 30.3 Å². The summed E-state index contributed by atoms with van der Waals surface area (Å²) in [6.45, 7) is 5.75. The van der Waals surface area contributed by atoms with Crippen molar-refractivity contribution in [1.82, 2.24) is 0 Å². The predicted molar refractivity (Wildman–Crippen MR) is 110 cm³/mol. The van der Waals surface area contributed by atoms with E-state index in [2.05, 4.69) is 68.3 Å². The van der Waals surface area contributed by atoms with Crippen molar-refractivity contribution in [2.75, 3.05) is 18.6 Å². The third-order valence-corrected chi connectivity index (χ3v) is 5.14. The average molecular weight is 359 g/mol. The second-order valence-corrected chi connectivity index (χ2v) is 7.68. The molecule has 3 aromatic carbocycles. The molecule has 27 heavy (non-hydrogen) atoms. The molecule has 0 fully saturated rings. The van der Waals surface area contributed by atoms with Crippen molar-refractivity contribution in [2.45, 2.75) is 25.9 Å². The lowest BCUT2D eigenvalue weighted by molar-refractivity contribution is 0.291. The molecule has 4 rings (SSSR count). The van der Waals surface area contributed by atoms with Crippen LogP contribution in [-0.2, 0) is 12.0 Å². The molecular formula is C24H25NO2. The van der Waals surface area contributed by atoms with E-state index in [0.29, 0.717) is 6.61 Å². The quantitative estimate of drug-likeness (QED) is 0.583. The molecule has 3 aromatic rings. The minimum Gasteiger partial charge on any atom is -0.492 e. The van der Waals surface area contributed by atoms with Gasteiger partial charge in [0, 0.05) is 35.5 Å². The Morgan fingerprint density at radius 1 is 0.926 bits per heavy atom. The molecule has 0 unspecified atom stereocenters. The Labute approximate surface area is 161 Å². The smallest absolute Gasteiger partial charge is 0.125 e. The van der Waals surface area contributed by atoms with Crippen molar-refractivity contribution in [1.29, 1.82) is 0 Å². The van der Waals surface area contributed by atoms with Gasteiger partial charge in [0.2, 0.25) is 0 Å². The van der Waals surface area contributed by atoms with E-state index in [9.17, 15) is 0 Å². The average Bonchev–Trinajstić information content (AvgIpc) is 3.01. The Balaban J connectivity index is 1.46. The second kappa shape index (κ2) is 6.99.